The van der Waals surface area contributed by atoms with Crippen LogP contribution in [0.3, 0.4) is 0 Å². The molecule has 0 saturated heterocycles. The van der Waals surface area contributed by atoms with Gasteiger partial charge in [-0.05, 0) is 12.8 Å². The van der Waals surface area contributed by atoms with Crippen LogP contribution in [0.2, 0.25) is 0 Å². The van der Waals surface area contributed by atoms with Crippen molar-refractivity contribution in [2.24, 2.45) is 5.92 Å². The molecule has 0 aliphatic heterocycles. The molecule has 0 spiro atoms. The lowest BCUT2D eigenvalue weighted by atomic mass is 9.99. The number of rotatable bonds is 6. The van der Waals surface area contributed by atoms with E-state index in [1.165, 1.54) is 0 Å². The minimum atomic E-state index is -2.95. The Morgan fingerprint density at radius 2 is 2.00 bits per heavy atom. The van der Waals surface area contributed by atoms with E-state index in [-0.39, 0.29) is 18.3 Å². The number of ketones is 1. The van der Waals surface area contributed by atoms with Crippen LogP contribution in [0.4, 0.5) is 0 Å². The molecule has 5 heteroatoms. The summed E-state index contributed by atoms with van der Waals surface area (Å²) in [5, 5.41) is 0. The first-order valence-electron chi connectivity index (χ1n) is 4.00. The fraction of sp³-hybridized carbons (Fsp3) is 0.857. The molecular weight excluding hydrogens is 179 g/mol. The molecule has 0 aromatic carbocycles. The maximum absolute atomic E-state index is 11.2. The Labute approximate surface area is 72.9 Å². The maximum Gasteiger partial charge on any atom is 0.317 e. The van der Waals surface area contributed by atoms with Gasteiger partial charge in [0.1, 0.15) is 6.61 Å². The molecule has 0 fully saturated rings. The molecule has 0 aliphatic carbocycles. The highest BCUT2D eigenvalue weighted by molar-refractivity contribution is 7.32. The van der Waals surface area contributed by atoms with Crippen LogP contribution >= 0.6 is 8.25 Å². The highest BCUT2D eigenvalue weighted by Crippen LogP contribution is 2.16. The van der Waals surface area contributed by atoms with Crippen LogP contribution in [0, 0.1) is 5.92 Å². The lowest BCUT2D eigenvalue weighted by molar-refractivity contribution is -0.125. The van der Waals surface area contributed by atoms with Gasteiger partial charge in [0.2, 0.25) is 0 Å². The summed E-state index contributed by atoms with van der Waals surface area (Å²) in [6.07, 6.45) is 1.51. The van der Waals surface area contributed by atoms with Crippen LogP contribution in [-0.4, -0.2) is 17.3 Å². The lowest BCUT2D eigenvalue weighted by Gasteiger charge is -2.09. The average molecular weight is 194 g/mol. The van der Waals surface area contributed by atoms with E-state index in [0.717, 1.165) is 12.8 Å². The molecule has 1 N–H and O–H groups in total. The first kappa shape index (κ1) is 11.8. The fourth-order valence-electron chi connectivity index (χ4n) is 0.995. The quantitative estimate of drug-likeness (QED) is 0.649. The second-order valence-corrected chi connectivity index (χ2v) is 3.35. The number of carbonyl (C=O) groups is 1. The fourth-order valence-corrected chi connectivity index (χ4v) is 1.26. The molecule has 0 heterocycles. The van der Waals surface area contributed by atoms with Gasteiger partial charge in [-0.1, -0.05) is 13.8 Å². The summed E-state index contributed by atoms with van der Waals surface area (Å²) >= 11 is 0. The predicted molar refractivity (Wildman–Crippen MR) is 46.3 cm³/mol. The predicted octanol–water partition coefficient (Wildman–Crippen LogP) is 1.39. The van der Waals surface area contributed by atoms with E-state index in [4.69, 9.17) is 4.89 Å². The third-order valence-electron chi connectivity index (χ3n) is 1.78. The third kappa shape index (κ3) is 4.65. The summed E-state index contributed by atoms with van der Waals surface area (Å²) in [5.74, 6) is -0.126. The van der Waals surface area contributed by atoms with Crippen molar-refractivity contribution in [1.29, 1.82) is 0 Å². The Morgan fingerprint density at radius 1 is 1.50 bits per heavy atom. The van der Waals surface area contributed by atoms with Crippen molar-refractivity contribution < 1.29 is 18.8 Å². The zero-order chi connectivity index (χ0) is 9.56. The van der Waals surface area contributed by atoms with E-state index < -0.39 is 8.25 Å². The number of carbonyl (C=O) groups excluding carboxylic acids is 1. The highest BCUT2D eigenvalue weighted by Gasteiger charge is 2.14. The van der Waals surface area contributed by atoms with Crippen LogP contribution in [0.25, 0.3) is 0 Å². The molecule has 4 nitrogen and oxygen atoms in total. The summed E-state index contributed by atoms with van der Waals surface area (Å²) in [4.78, 5) is 19.5. The molecule has 0 aromatic heterocycles. The molecule has 0 saturated carbocycles. The van der Waals surface area contributed by atoms with E-state index in [0.29, 0.717) is 0 Å². The van der Waals surface area contributed by atoms with Gasteiger partial charge in [0.05, 0.1) is 0 Å². The van der Waals surface area contributed by atoms with Crippen LogP contribution in [0.15, 0.2) is 0 Å². The normalized spacial score (nSPS) is 13.3. The van der Waals surface area contributed by atoms with E-state index in [2.05, 4.69) is 4.52 Å². The summed E-state index contributed by atoms with van der Waals surface area (Å²) in [7, 11) is -2.95. The van der Waals surface area contributed by atoms with Gasteiger partial charge in [-0.3, -0.25) is 9.36 Å². The molecule has 12 heavy (non-hydrogen) atoms. The van der Waals surface area contributed by atoms with Crippen LogP contribution in [0.5, 0.6) is 0 Å². The first-order chi connectivity index (χ1) is 5.61. The topological polar surface area (TPSA) is 63.6 Å². The van der Waals surface area contributed by atoms with Gasteiger partial charge in [-0.15, -0.1) is 0 Å². The van der Waals surface area contributed by atoms with E-state index in [9.17, 15) is 9.36 Å². The largest absolute Gasteiger partial charge is 0.326 e. The average Bonchev–Trinajstić information content (AvgIpc) is 2.03. The highest BCUT2D eigenvalue weighted by atomic mass is 31.1. The summed E-state index contributed by atoms with van der Waals surface area (Å²) in [6, 6.07) is 0. The minimum Gasteiger partial charge on any atom is -0.326 e. The monoisotopic (exact) mass is 194 g/mol. The smallest absolute Gasteiger partial charge is 0.317 e. The van der Waals surface area contributed by atoms with Gasteiger partial charge in [0.15, 0.2) is 5.78 Å². The number of Topliss-reactive ketones (excluding diaryl/α,β-unsaturated/α-hetero) is 1. The molecule has 1 unspecified atom stereocenters. The molecule has 1 atom stereocenters. The second kappa shape index (κ2) is 6.35. The SMILES string of the molecule is CCC(CC)C(=O)CO[PH](=O)O. The Hall–Kier alpha value is -0.180. The molecule has 0 aromatic rings. The molecule has 0 amide bonds. The minimum absolute atomic E-state index is 0.0358. The lowest BCUT2D eigenvalue weighted by Crippen LogP contribution is -2.17. The van der Waals surface area contributed by atoms with Crippen molar-refractivity contribution in [2.45, 2.75) is 26.7 Å². The van der Waals surface area contributed by atoms with Crippen molar-refractivity contribution >= 4 is 14.0 Å². The second-order valence-electron chi connectivity index (χ2n) is 2.53. The Kier molecular flexibility index (Phi) is 6.25. The summed E-state index contributed by atoms with van der Waals surface area (Å²) in [5.41, 5.74) is 0. The molecular formula is C7H15O4P. The van der Waals surface area contributed by atoms with Crippen LogP contribution in [0.1, 0.15) is 26.7 Å². The van der Waals surface area contributed by atoms with Crippen LogP contribution < -0.4 is 0 Å². The Morgan fingerprint density at radius 3 is 2.33 bits per heavy atom. The zero-order valence-corrected chi connectivity index (χ0v) is 8.37. The zero-order valence-electron chi connectivity index (χ0n) is 7.37. The maximum atomic E-state index is 11.2. The summed E-state index contributed by atoms with van der Waals surface area (Å²) < 4.78 is 14.5. The van der Waals surface area contributed by atoms with Crippen molar-refractivity contribution in [3.8, 4) is 0 Å². The van der Waals surface area contributed by atoms with Gasteiger partial charge in [-0.25, -0.2) is 0 Å². The molecule has 0 aliphatic rings. The van der Waals surface area contributed by atoms with Crippen molar-refractivity contribution in [2.75, 3.05) is 6.61 Å². The van der Waals surface area contributed by atoms with E-state index in [1.54, 1.807) is 0 Å². The van der Waals surface area contributed by atoms with Gasteiger partial charge in [0, 0.05) is 5.92 Å². The third-order valence-corrected chi connectivity index (χ3v) is 2.17. The Balaban J connectivity index is 3.77. The van der Waals surface area contributed by atoms with Gasteiger partial charge < -0.3 is 9.42 Å². The Bertz CT molecular complexity index is 165. The molecule has 72 valence electrons. The van der Waals surface area contributed by atoms with Crippen LogP contribution in [-0.2, 0) is 13.9 Å². The first-order valence-corrected chi connectivity index (χ1v) is 5.26. The molecule has 0 radical (unpaired) electrons. The van der Waals surface area contributed by atoms with Crippen molar-refractivity contribution in [3.05, 3.63) is 0 Å². The van der Waals surface area contributed by atoms with Crippen molar-refractivity contribution in [3.63, 3.8) is 0 Å². The standard InChI is InChI=1S/C7H15O4P/c1-3-6(4-2)7(8)5-11-12(9)10/h6,12H,3-5H2,1-2H3,(H,9,10). The molecule has 0 rings (SSSR count). The summed E-state index contributed by atoms with van der Waals surface area (Å²) in [6.45, 7) is 3.59. The van der Waals surface area contributed by atoms with Crippen molar-refractivity contribution in [1.82, 2.24) is 0 Å². The molecule has 0 bridgehead atoms. The van der Waals surface area contributed by atoms with E-state index in [1.807, 2.05) is 13.8 Å². The van der Waals surface area contributed by atoms with E-state index >= 15 is 0 Å². The van der Waals surface area contributed by atoms with Gasteiger partial charge in [0.25, 0.3) is 0 Å². The number of hydrogen-bond acceptors (Lipinski definition) is 3. The van der Waals surface area contributed by atoms with Gasteiger partial charge >= 0.3 is 8.25 Å². The van der Waals surface area contributed by atoms with Gasteiger partial charge in [-0.2, -0.15) is 0 Å². The number of hydrogen-bond donors (Lipinski definition) is 1.